The Morgan fingerprint density at radius 1 is 0.571 bits per heavy atom. The minimum Gasteiger partial charge on any atom is -0.0590 e. The van der Waals surface area contributed by atoms with E-state index in [1.54, 1.807) is 0 Å². The molecule has 0 spiro atoms. The van der Waals surface area contributed by atoms with Crippen molar-refractivity contribution in [1.29, 1.82) is 0 Å². The van der Waals surface area contributed by atoms with Gasteiger partial charge < -0.3 is 0 Å². The van der Waals surface area contributed by atoms with Crippen molar-refractivity contribution in [2.75, 3.05) is 0 Å². The highest BCUT2D eigenvalue weighted by Gasteiger charge is 2.31. The Morgan fingerprint density at radius 2 is 0.857 bits per heavy atom. The van der Waals surface area contributed by atoms with Crippen molar-refractivity contribution in [2.45, 2.75) is 58.8 Å². The van der Waals surface area contributed by atoms with E-state index < -0.39 is 0 Å². The Bertz CT molecular complexity index is 527. The van der Waals surface area contributed by atoms with E-state index in [9.17, 15) is 0 Å². The predicted molar refractivity (Wildman–Crippen MR) is 93.0 cm³/mol. The van der Waals surface area contributed by atoms with E-state index in [1.807, 2.05) is 0 Å². The molecule has 2 aromatic carbocycles. The predicted octanol–water partition coefficient (Wildman–Crippen LogP) is 5.95. The first-order chi connectivity index (χ1) is 9.71. The van der Waals surface area contributed by atoms with Gasteiger partial charge in [0.05, 0.1) is 0 Å². The third kappa shape index (κ3) is 3.75. The molecule has 0 heterocycles. The first kappa shape index (κ1) is 15.8. The summed E-state index contributed by atoms with van der Waals surface area (Å²) in [5.74, 6) is 0. The molecule has 2 rings (SSSR count). The summed E-state index contributed by atoms with van der Waals surface area (Å²) in [6, 6.07) is 18.0. The summed E-state index contributed by atoms with van der Waals surface area (Å²) in [7, 11) is 0. The Hall–Kier alpha value is -1.56. The van der Waals surface area contributed by atoms with E-state index in [4.69, 9.17) is 0 Å². The lowest BCUT2D eigenvalue weighted by Gasteiger charge is -2.36. The van der Waals surface area contributed by atoms with Crippen LogP contribution in [0.1, 0.15) is 56.4 Å². The third-order valence-electron chi connectivity index (χ3n) is 4.55. The molecule has 0 saturated carbocycles. The van der Waals surface area contributed by atoms with E-state index >= 15 is 0 Å². The van der Waals surface area contributed by atoms with Crippen molar-refractivity contribution < 1.29 is 0 Å². The Balaban J connectivity index is 2.25. The van der Waals surface area contributed by atoms with Crippen LogP contribution in [0.2, 0.25) is 0 Å². The van der Waals surface area contributed by atoms with Gasteiger partial charge in [0, 0.05) is 0 Å². The fourth-order valence-corrected chi connectivity index (χ4v) is 3.32. The third-order valence-corrected chi connectivity index (χ3v) is 4.55. The van der Waals surface area contributed by atoms with Crippen LogP contribution in [0, 0.1) is 13.8 Å². The molecule has 0 N–H and O–H groups in total. The smallest absolute Gasteiger partial charge is 0.00953 e. The minimum absolute atomic E-state index is 0.169. The van der Waals surface area contributed by atoms with Gasteiger partial charge in [-0.15, -0.1) is 0 Å². The molecule has 0 aliphatic heterocycles. The lowest BCUT2D eigenvalue weighted by atomic mass is 9.68. The maximum atomic E-state index is 2.35. The molecule has 0 aliphatic rings. The van der Waals surface area contributed by atoms with Crippen LogP contribution in [0.25, 0.3) is 0 Å². The molecule has 0 amide bonds. The van der Waals surface area contributed by atoms with Gasteiger partial charge in [-0.1, -0.05) is 87.4 Å². The molecule has 112 valence electrons. The second-order valence-electron chi connectivity index (χ2n) is 7.68. The van der Waals surface area contributed by atoms with Gasteiger partial charge in [-0.2, -0.15) is 0 Å². The SMILES string of the molecule is Cc1ccc(C(C)(C)CC(C)(C)c2ccc(C)cc2)cc1. The second-order valence-corrected chi connectivity index (χ2v) is 7.68. The van der Waals surface area contributed by atoms with E-state index in [0.717, 1.165) is 6.42 Å². The highest BCUT2D eigenvalue weighted by atomic mass is 14.3. The topological polar surface area (TPSA) is 0 Å². The zero-order chi connectivity index (χ0) is 15.7. The second kappa shape index (κ2) is 5.67. The zero-order valence-electron chi connectivity index (χ0n) is 14.3. The molecule has 21 heavy (non-hydrogen) atoms. The summed E-state index contributed by atoms with van der Waals surface area (Å²) in [6.07, 6.45) is 1.13. The summed E-state index contributed by atoms with van der Waals surface area (Å²) in [4.78, 5) is 0. The van der Waals surface area contributed by atoms with Gasteiger partial charge in [0.2, 0.25) is 0 Å². The van der Waals surface area contributed by atoms with Crippen LogP contribution in [0.4, 0.5) is 0 Å². The van der Waals surface area contributed by atoms with Gasteiger partial charge in [-0.25, -0.2) is 0 Å². The van der Waals surface area contributed by atoms with Crippen LogP contribution < -0.4 is 0 Å². The molecule has 0 saturated heterocycles. The van der Waals surface area contributed by atoms with Crippen LogP contribution in [0.5, 0.6) is 0 Å². The molecular weight excluding hydrogens is 252 g/mol. The van der Waals surface area contributed by atoms with Crippen LogP contribution in [-0.4, -0.2) is 0 Å². The normalized spacial score (nSPS) is 12.5. The summed E-state index contributed by atoms with van der Waals surface area (Å²) in [5, 5.41) is 0. The molecular formula is C21H28. The van der Waals surface area contributed by atoms with Gasteiger partial charge in [0.1, 0.15) is 0 Å². The Labute approximate surface area is 130 Å². The molecule has 0 fully saturated rings. The molecule has 0 radical (unpaired) electrons. The highest BCUT2D eigenvalue weighted by Crippen LogP contribution is 2.38. The molecule has 0 heteroatoms. The fourth-order valence-electron chi connectivity index (χ4n) is 3.32. The van der Waals surface area contributed by atoms with Gasteiger partial charge in [0.25, 0.3) is 0 Å². The van der Waals surface area contributed by atoms with E-state index in [2.05, 4.69) is 90.1 Å². The Kier molecular flexibility index (Phi) is 4.27. The quantitative estimate of drug-likeness (QED) is 0.649. The number of hydrogen-bond donors (Lipinski definition) is 0. The van der Waals surface area contributed by atoms with E-state index in [0.29, 0.717) is 0 Å². The van der Waals surface area contributed by atoms with Gasteiger partial charge in [-0.3, -0.25) is 0 Å². The lowest BCUT2D eigenvalue weighted by Crippen LogP contribution is -2.29. The summed E-state index contributed by atoms with van der Waals surface area (Å²) >= 11 is 0. The van der Waals surface area contributed by atoms with Gasteiger partial charge in [0.15, 0.2) is 0 Å². The van der Waals surface area contributed by atoms with Crippen molar-refractivity contribution in [3.8, 4) is 0 Å². The molecule has 0 bridgehead atoms. The lowest BCUT2D eigenvalue weighted by molar-refractivity contribution is 0.349. The van der Waals surface area contributed by atoms with Crippen LogP contribution in [-0.2, 0) is 10.8 Å². The number of aryl methyl sites for hydroxylation is 2. The number of benzene rings is 2. The number of rotatable bonds is 4. The highest BCUT2D eigenvalue weighted by molar-refractivity contribution is 5.32. The number of hydrogen-bond acceptors (Lipinski definition) is 0. The first-order valence-corrected chi connectivity index (χ1v) is 7.85. The monoisotopic (exact) mass is 280 g/mol. The maximum absolute atomic E-state index is 2.35. The minimum atomic E-state index is 0.169. The van der Waals surface area contributed by atoms with Crippen LogP contribution in [0.15, 0.2) is 48.5 Å². The molecule has 0 aromatic heterocycles. The van der Waals surface area contributed by atoms with E-state index in [1.165, 1.54) is 22.3 Å². The van der Waals surface area contributed by atoms with Crippen LogP contribution >= 0.6 is 0 Å². The summed E-state index contributed by atoms with van der Waals surface area (Å²) < 4.78 is 0. The van der Waals surface area contributed by atoms with Crippen molar-refractivity contribution in [3.05, 3.63) is 70.8 Å². The van der Waals surface area contributed by atoms with Gasteiger partial charge in [-0.05, 0) is 42.2 Å². The molecule has 0 aliphatic carbocycles. The zero-order valence-corrected chi connectivity index (χ0v) is 14.3. The average Bonchev–Trinajstić information content (AvgIpc) is 2.38. The average molecular weight is 280 g/mol. The standard InChI is InChI=1S/C21H28/c1-16-7-11-18(12-8-16)20(3,4)15-21(5,6)19-13-9-17(2)10-14-19/h7-14H,15H2,1-6H3. The summed E-state index contributed by atoms with van der Waals surface area (Å²) in [6.45, 7) is 13.7. The van der Waals surface area contributed by atoms with Crippen molar-refractivity contribution in [2.24, 2.45) is 0 Å². The first-order valence-electron chi connectivity index (χ1n) is 7.85. The van der Waals surface area contributed by atoms with Crippen molar-refractivity contribution in [3.63, 3.8) is 0 Å². The molecule has 0 atom stereocenters. The molecule has 0 nitrogen and oxygen atoms in total. The van der Waals surface area contributed by atoms with E-state index in [-0.39, 0.29) is 10.8 Å². The molecule has 2 aromatic rings. The van der Waals surface area contributed by atoms with Crippen molar-refractivity contribution in [1.82, 2.24) is 0 Å². The molecule has 0 unspecified atom stereocenters. The maximum Gasteiger partial charge on any atom is -0.00953 e. The Morgan fingerprint density at radius 3 is 1.14 bits per heavy atom. The van der Waals surface area contributed by atoms with Crippen molar-refractivity contribution >= 4 is 0 Å². The summed E-state index contributed by atoms with van der Waals surface area (Å²) in [5.41, 5.74) is 5.84. The fraction of sp³-hybridized carbons (Fsp3) is 0.429. The largest absolute Gasteiger partial charge is 0.0590 e. The van der Waals surface area contributed by atoms with Crippen LogP contribution in [0.3, 0.4) is 0 Å². The van der Waals surface area contributed by atoms with Gasteiger partial charge >= 0.3 is 0 Å².